The summed E-state index contributed by atoms with van der Waals surface area (Å²) < 4.78 is 84.4. The van der Waals surface area contributed by atoms with Gasteiger partial charge in [-0.15, -0.1) is 0 Å². The molecule has 10 heteroatoms. The topological polar surface area (TPSA) is 92.5 Å². The van der Waals surface area contributed by atoms with Crippen molar-refractivity contribution < 1.29 is 36.6 Å². The van der Waals surface area contributed by atoms with Crippen molar-refractivity contribution in [3.05, 3.63) is 82.9 Å². The van der Waals surface area contributed by atoms with Gasteiger partial charge in [0.05, 0.1) is 16.9 Å². The maximum atomic E-state index is 14.8. The van der Waals surface area contributed by atoms with Crippen molar-refractivity contribution in [2.24, 2.45) is 0 Å². The minimum atomic E-state index is -5.18. The van der Waals surface area contributed by atoms with Crippen LogP contribution in [-0.4, -0.2) is 16.4 Å². The number of phenolic OH excluding ortho intramolecular Hbond substituents is 2. The van der Waals surface area contributed by atoms with E-state index in [-0.39, 0.29) is 0 Å². The molecule has 0 saturated carbocycles. The number of hydrogen-bond donors (Lipinski definition) is 4. The zero-order valence-electron chi connectivity index (χ0n) is 15.6. The van der Waals surface area contributed by atoms with E-state index in [0.29, 0.717) is 12.1 Å². The van der Waals surface area contributed by atoms with Crippen LogP contribution >= 0.6 is 0 Å². The van der Waals surface area contributed by atoms with E-state index in [1.807, 2.05) is 0 Å². The highest BCUT2D eigenvalue weighted by atomic mass is 19.4. The number of rotatable bonds is 3. The van der Waals surface area contributed by atoms with Crippen LogP contribution in [-0.2, 0) is 11.6 Å². The Bertz CT molecular complexity index is 1070. The van der Waals surface area contributed by atoms with Crippen LogP contribution in [0.3, 0.4) is 0 Å². The average molecular weight is 442 g/mol. The molecule has 0 fully saturated rings. The monoisotopic (exact) mass is 442 g/mol. The molecule has 0 amide bonds. The summed E-state index contributed by atoms with van der Waals surface area (Å²) in [5.41, 5.74) is 4.17. The second-order valence-corrected chi connectivity index (χ2v) is 6.87. The summed E-state index contributed by atoms with van der Waals surface area (Å²) >= 11 is 0. The summed E-state index contributed by atoms with van der Waals surface area (Å²) in [5.74, 6) is -0.983. The lowest BCUT2D eigenvalue weighted by Crippen LogP contribution is -2.44. The number of hydrogen-bond acceptors (Lipinski definition) is 4. The Hall–Kier alpha value is -3.56. The van der Waals surface area contributed by atoms with Crippen LogP contribution in [0.2, 0.25) is 0 Å². The second kappa shape index (κ2) is 7.29. The summed E-state index contributed by atoms with van der Waals surface area (Å²) in [5, 5.41) is 19.4. The molecule has 0 spiro atoms. The van der Waals surface area contributed by atoms with E-state index in [2.05, 4.69) is 0 Å². The van der Waals surface area contributed by atoms with Gasteiger partial charge in [0.2, 0.25) is 0 Å². The average Bonchev–Trinajstić information content (AvgIpc) is 2.66. The van der Waals surface area contributed by atoms with Crippen molar-refractivity contribution in [2.75, 3.05) is 11.5 Å². The Morgan fingerprint density at radius 3 is 1.39 bits per heavy atom. The smallest absolute Gasteiger partial charge is 0.416 e. The Morgan fingerprint density at radius 2 is 1.00 bits per heavy atom. The van der Waals surface area contributed by atoms with Crippen molar-refractivity contribution >= 4 is 11.4 Å². The van der Waals surface area contributed by atoms with Crippen molar-refractivity contribution in [1.29, 1.82) is 0 Å². The molecule has 3 aromatic carbocycles. The molecule has 0 atom stereocenters. The molecule has 0 aliphatic heterocycles. The third-order valence-electron chi connectivity index (χ3n) is 4.97. The van der Waals surface area contributed by atoms with Crippen molar-refractivity contribution in [3.63, 3.8) is 0 Å². The van der Waals surface area contributed by atoms with Crippen LogP contribution in [0.25, 0.3) is 0 Å². The molecular weight excluding hydrogens is 426 g/mol. The molecule has 0 aliphatic carbocycles. The number of alkyl halides is 6. The van der Waals surface area contributed by atoms with Crippen LogP contribution in [0.1, 0.15) is 22.3 Å². The Morgan fingerprint density at radius 1 is 0.581 bits per heavy atom. The van der Waals surface area contributed by atoms with Gasteiger partial charge in [-0.25, -0.2) is 0 Å². The quantitative estimate of drug-likeness (QED) is 0.195. The zero-order chi connectivity index (χ0) is 23.2. The molecule has 0 aromatic heterocycles. The maximum Gasteiger partial charge on any atom is 0.416 e. The van der Waals surface area contributed by atoms with Crippen molar-refractivity contribution in [2.45, 2.75) is 17.8 Å². The molecule has 4 nitrogen and oxygen atoms in total. The Kier molecular flexibility index (Phi) is 5.21. The van der Waals surface area contributed by atoms with Gasteiger partial charge in [0.1, 0.15) is 16.9 Å². The highest BCUT2D eigenvalue weighted by Crippen LogP contribution is 2.53. The lowest BCUT2D eigenvalue weighted by molar-refractivity contribution is -0.167. The normalized spacial score (nSPS) is 12.7. The zero-order valence-corrected chi connectivity index (χ0v) is 15.6. The van der Waals surface area contributed by atoms with Gasteiger partial charge >= 0.3 is 12.4 Å². The standard InChI is InChI=1S/C21H16F6N2O2/c22-20(23,24)14-3-1-2-11(8-14)19(21(25,26)27,12-4-6-17(30)15(28)9-12)13-5-7-18(31)16(29)10-13/h1-10,30-31H,28-29H2. The van der Waals surface area contributed by atoms with Crippen molar-refractivity contribution in [3.8, 4) is 11.5 Å². The highest BCUT2D eigenvalue weighted by Gasteiger charge is 2.59. The van der Waals surface area contributed by atoms with E-state index in [1.54, 1.807) is 0 Å². The first-order chi connectivity index (χ1) is 14.3. The van der Waals surface area contributed by atoms with Gasteiger partial charge in [-0.1, -0.05) is 30.3 Å². The molecule has 0 bridgehead atoms. The first kappa shape index (κ1) is 22.1. The first-order valence-corrected chi connectivity index (χ1v) is 8.71. The summed E-state index contributed by atoms with van der Waals surface area (Å²) in [7, 11) is 0. The molecule has 6 N–H and O–H groups in total. The SMILES string of the molecule is Nc1cc(C(c2cccc(C(F)(F)F)c2)(c2ccc(O)c(N)c2)C(F)(F)F)ccc1O. The van der Waals surface area contributed by atoms with Crippen LogP contribution in [0.4, 0.5) is 37.7 Å². The number of halogens is 6. The third kappa shape index (κ3) is 3.69. The van der Waals surface area contributed by atoms with Gasteiger partial charge in [0.15, 0.2) is 0 Å². The molecule has 0 saturated heterocycles. The van der Waals surface area contributed by atoms with Crippen LogP contribution < -0.4 is 11.5 Å². The number of nitrogen functional groups attached to an aromatic ring is 2. The Balaban J connectivity index is 2.49. The van der Waals surface area contributed by atoms with E-state index in [1.165, 1.54) is 0 Å². The molecular formula is C21H16F6N2O2. The summed E-state index contributed by atoms with van der Waals surface area (Å²) in [6.07, 6.45) is -10.1. The Labute approximate surface area is 172 Å². The lowest BCUT2D eigenvalue weighted by atomic mass is 9.68. The van der Waals surface area contributed by atoms with E-state index in [9.17, 15) is 36.6 Å². The number of anilines is 2. The molecule has 3 aromatic rings. The molecule has 164 valence electrons. The van der Waals surface area contributed by atoms with E-state index < -0.39 is 62.9 Å². The fourth-order valence-corrected chi connectivity index (χ4v) is 3.50. The number of nitrogens with two attached hydrogens (primary N) is 2. The lowest BCUT2D eigenvalue weighted by Gasteiger charge is -2.38. The predicted molar refractivity (Wildman–Crippen MR) is 102 cm³/mol. The minimum Gasteiger partial charge on any atom is -0.506 e. The molecule has 31 heavy (non-hydrogen) atoms. The predicted octanol–water partition coefficient (Wildman–Crippen LogP) is 5.18. The number of benzene rings is 3. The van der Waals surface area contributed by atoms with E-state index in [0.717, 1.165) is 48.5 Å². The van der Waals surface area contributed by atoms with Gasteiger partial charge in [0, 0.05) is 0 Å². The van der Waals surface area contributed by atoms with Gasteiger partial charge < -0.3 is 21.7 Å². The largest absolute Gasteiger partial charge is 0.506 e. The fraction of sp³-hybridized carbons (Fsp3) is 0.143. The molecule has 0 radical (unpaired) electrons. The maximum absolute atomic E-state index is 14.8. The minimum absolute atomic E-state index is 0.398. The third-order valence-corrected chi connectivity index (χ3v) is 4.97. The van der Waals surface area contributed by atoms with Gasteiger partial charge in [0.25, 0.3) is 0 Å². The molecule has 0 aliphatic rings. The fourth-order valence-electron chi connectivity index (χ4n) is 3.50. The van der Waals surface area contributed by atoms with Crippen molar-refractivity contribution in [1.82, 2.24) is 0 Å². The van der Waals surface area contributed by atoms with Crippen LogP contribution in [0.15, 0.2) is 60.7 Å². The van der Waals surface area contributed by atoms with Crippen LogP contribution in [0.5, 0.6) is 11.5 Å². The summed E-state index contributed by atoms with van der Waals surface area (Å²) in [6.45, 7) is 0. The van der Waals surface area contributed by atoms with Gasteiger partial charge in [-0.3, -0.25) is 0 Å². The number of aromatic hydroxyl groups is 2. The summed E-state index contributed by atoms with van der Waals surface area (Å²) in [4.78, 5) is 0. The second-order valence-electron chi connectivity index (χ2n) is 6.87. The molecule has 0 unspecified atom stereocenters. The van der Waals surface area contributed by atoms with Gasteiger partial charge in [-0.2, -0.15) is 26.3 Å². The number of phenols is 2. The van der Waals surface area contributed by atoms with Gasteiger partial charge in [-0.05, 0) is 47.0 Å². The highest BCUT2D eigenvalue weighted by molar-refractivity contribution is 5.64. The first-order valence-electron chi connectivity index (χ1n) is 8.71. The summed E-state index contributed by atoms with van der Waals surface area (Å²) in [6, 6.07) is 8.19. The van der Waals surface area contributed by atoms with E-state index >= 15 is 0 Å². The van der Waals surface area contributed by atoms with E-state index in [4.69, 9.17) is 11.5 Å². The molecule has 0 heterocycles. The molecule has 3 rings (SSSR count). The van der Waals surface area contributed by atoms with Crippen LogP contribution in [0, 0.1) is 0 Å².